The summed E-state index contributed by atoms with van der Waals surface area (Å²) in [6, 6.07) is 12.2. The minimum absolute atomic E-state index is 0.358. The first kappa shape index (κ1) is 22.2. The molecular formula is C20H17Cl3FN3O3S. The summed E-state index contributed by atoms with van der Waals surface area (Å²) >= 11 is 17.1. The molecule has 0 spiro atoms. The van der Waals surface area contributed by atoms with Crippen LogP contribution in [0.3, 0.4) is 0 Å². The van der Waals surface area contributed by atoms with Crippen LogP contribution in [0.2, 0.25) is 0 Å². The van der Waals surface area contributed by atoms with E-state index in [4.69, 9.17) is 34.8 Å². The van der Waals surface area contributed by atoms with E-state index >= 15 is 0 Å². The van der Waals surface area contributed by atoms with E-state index in [0.717, 1.165) is 15.7 Å². The number of hydrogen-bond acceptors (Lipinski definition) is 4. The van der Waals surface area contributed by atoms with Gasteiger partial charge in [0.05, 0.1) is 5.52 Å². The minimum atomic E-state index is -4.11. The maximum Gasteiger partial charge on any atom is 0.274 e. The number of hydrogen-bond donors (Lipinski definition) is 0. The number of fused-ring (bicyclic) bond motifs is 1. The van der Waals surface area contributed by atoms with Crippen LogP contribution in [0.4, 0.5) is 10.1 Å². The fourth-order valence-electron chi connectivity index (χ4n) is 3.70. The first-order chi connectivity index (χ1) is 14.6. The van der Waals surface area contributed by atoms with E-state index in [9.17, 15) is 17.6 Å². The molecule has 6 nitrogen and oxygen atoms in total. The molecule has 1 saturated heterocycles. The molecule has 4 rings (SSSR count). The lowest BCUT2D eigenvalue weighted by atomic mass is 10.1. The molecule has 3 aromatic rings. The Labute approximate surface area is 193 Å². The van der Waals surface area contributed by atoms with Gasteiger partial charge >= 0.3 is 0 Å². The third-order valence-corrected chi connectivity index (χ3v) is 7.41. The number of alkyl halides is 3. The van der Waals surface area contributed by atoms with Gasteiger partial charge in [-0.1, -0.05) is 53.0 Å². The highest BCUT2D eigenvalue weighted by Gasteiger charge is 2.36. The zero-order chi connectivity index (χ0) is 22.4. The Balaban J connectivity index is 1.65. The number of carbonyl (C=O) groups is 1. The number of benzene rings is 2. The standard InChI is InChI=1S/C20H17Cl3FN3O3S/c21-20(22,23)19(28)26-12-10-25(11-13-26)16-5-3-6-17-14(16)8-9-27(17)31(29,30)18-7-2-1-4-15(18)24/h1-9H,10-13H2. The number of halogens is 4. The number of nitrogens with zero attached hydrogens (tertiary/aromatic N) is 3. The Morgan fingerprint density at radius 3 is 2.26 bits per heavy atom. The molecule has 31 heavy (non-hydrogen) atoms. The Morgan fingerprint density at radius 2 is 1.61 bits per heavy atom. The molecule has 0 N–H and O–H groups in total. The van der Waals surface area contributed by atoms with E-state index in [-0.39, 0.29) is 0 Å². The average Bonchev–Trinajstić information content (AvgIpc) is 3.18. The van der Waals surface area contributed by atoms with Crippen molar-refractivity contribution in [3.05, 3.63) is 60.5 Å². The van der Waals surface area contributed by atoms with Crippen LogP contribution in [0.1, 0.15) is 0 Å². The van der Waals surface area contributed by atoms with Crippen molar-refractivity contribution in [2.45, 2.75) is 8.69 Å². The van der Waals surface area contributed by atoms with Crippen LogP contribution in [0.15, 0.2) is 59.6 Å². The maximum absolute atomic E-state index is 14.2. The number of anilines is 1. The molecule has 1 fully saturated rings. The average molecular weight is 505 g/mol. The van der Waals surface area contributed by atoms with Crippen LogP contribution in [-0.2, 0) is 14.8 Å². The Kier molecular flexibility index (Phi) is 5.85. The van der Waals surface area contributed by atoms with Crippen LogP contribution < -0.4 is 4.90 Å². The number of rotatable bonds is 3. The highest BCUT2D eigenvalue weighted by atomic mass is 35.6. The predicted octanol–water partition coefficient (Wildman–Crippen LogP) is 4.04. The highest BCUT2D eigenvalue weighted by Crippen LogP contribution is 2.33. The van der Waals surface area contributed by atoms with E-state index < -0.39 is 30.4 Å². The monoisotopic (exact) mass is 503 g/mol. The summed E-state index contributed by atoms with van der Waals surface area (Å²) in [6.45, 7) is 1.68. The van der Waals surface area contributed by atoms with Gasteiger partial charge in [-0.3, -0.25) is 4.79 Å². The fourth-order valence-corrected chi connectivity index (χ4v) is 5.48. The molecule has 0 unspecified atom stereocenters. The van der Waals surface area contributed by atoms with Gasteiger partial charge in [0.1, 0.15) is 10.7 Å². The van der Waals surface area contributed by atoms with Crippen molar-refractivity contribution in [1.82, 2.24) is 8.87 Å². The zero-order valence-corrected chi connectivity index (χ0v) is 19.1. The molecule has 2 aromatic carbocycles. The summed E-state index contributed by atoms with van der Waals surface area (Å²) < 4.78 is 39.4. The van der Waals surface area contributed by atoms with E-state index in [1.54, 1.807) is 18.2 Å². The van der Waals surface area contributed by atoms with Crippen molar-refractivity contribution in [2.24, 2.45) is 0 Å². The molecule has 11 heteroatoms. The molecular weight excluding hydrogens is 488 g/mol. The quantitative estimate of drug-likeness (QED) is 0.505. The topological polar surface area (TPSA) is 62.6 Å². The van der Waals surface area contributed by atoms with Gasteiger partial charge in [-0.25, -0.2) is 16.8 Å². The van der Waals surface area contributed by atoms with Crippen molar-refractivity contribution < 1.29 is 17.6 Å². The van der Waals surface area contributed by atoms with Gasteiger partial charge < -0.3 is 9.80 Å². The molecule has 0 atom stereocenters. The summed E-state index contributed by atoms with van der Waals surface area (Å²) in [5.41, 5.74) is 1.24. The van der Waals surface area contributed by atoms with Gasteiger partial charge in [-0.05, 0) is 30.3 Å². The molecule has 0 saturated carbocycles. The molecule has 0 bridgehead atoms. The summed E-state index contributed by atoms with van der Waals surface area (Å²) in [7, 11) is -4.11. The van der Waals surface area contributed by atoms with Crippen LogP contribution in [0.25, 0.3) is 10.9 Å². The second-order valence-electron chi connectivity index (χ2n) is 7.03. The summed E-state index contributed by atoms with van der Waals surface area (Å²) in [4.78, 5) is 15.3. The normalized spacial score (nSPS) is 15.5. The first-order valence-corrected chi connectivity index (χ1v) is 11.9. The van der Waals surface area contributed by atoms with Crippen molar-refractivity contribution in [2.75, 3.05) is 31.1 Å². The highest BCUT2D eigenvalue weighted by molar-refractivity contribution is 7.90. The first-order valence-electron chi connectivity index (χ1n) is 9.32. The largest absolute Gasteiger partial charge is 0.367 e. The fraction of sp³-hybridized carbons (Fsp3) is 0.250. The summed E-state index contributed by atoms with van der Waals surface area (Å²) in [5.74, 6) is -1.38. The third-order valence-electron chi connectivity index (χ3n) is 5.20. The van der Waals surface area contributed by atoms with Gasteiger partial charge in [0.25, 0.3) is 19.7 Å². The predicted molar refractivity (Wildman–Crippen MR) is 120 cm³/mol. The lowest BCUT2D eigenvalue weighted by Crippen LogP contribution is -2.51. The van der Waals surface area contributed by atoms with E-state index in [2.05, 4.69) is 0 Å². The van der Waals surface area contributed by atoms with Gasteiger partial charge in [-0.2, -0.15) is 0 Å². The Bertz CT molecular complexity index is 1250. The second kappa shape index (κ2) is 8.16. The Morgan fingerprint density at radius 1 is 0.935 bits per heavy atom. The van der Waals surface area contributed by atoms with Crippen LogP contribution in [0, 0.1) is 5.82 Å². The second-order valence-corrected chi connectivity index (χ2v) is 11.1. The molecule has 1 aliphatic rings. The lowest BCUT2D eigenvalue weighted by Gasteiger charge is -2.37. The Hall–Kier alpha value is -2.00. The third kappa shape index (κ3) is 4.09. The van der Waals surface area contributed by atoms with Gasteiger partial charge in [0.15, 0.2) is 0 Å². The number of carbonyl (C=O) groups excluding carboxylic acids is 1. The van der Waals surface area contributed by atoms with E-state index in [0.29, 0.717) is 37.1 Å². The van der Waals surface area contributed by atoms with Crippen molar-refractivity contribution in [1.29, 1.82) is 0 Å². The molecule has 0 radical (unpaired) electrons. The SMILES string of the molecule is O=C(N1CCN(c2cccc3c2ccn3S(=O)(=O)c2ccccc2F)CC1)C(Cl)(Cl)Cl. The smallest absolute Gasteiger partial charge is 0.274 e. The van der Waals surface area contributed by atoms with Crippen molar-refractivity contribution >= 4 is 67.3 Å². The van der Waals surface area contributed by atoms with Crippen LogP contribution >= 0.6 is 34.8 Å². The van der Waals surface area contributed by atoms with Gasteiger partial charge in [-0.15, -0.1) is 0 Å². The number of aromatic nitrogens is 1. The molecule has 0 aliphatic carbocycles. The molecule has 1 amide bonds. The van der Waals surface area contributed by atoms with Crippen molar-refractivity contribution in [3.63, 3.8) is 0 Å². The molecule has 1 aromatic heterocycles. The van der Waals surface area contributed by atoms with Crippen LogP contribution in [-0.4, -0.2) is 53.2 Å². The number of piperazine rings is 1. The summed E-state index contributed by atoms with van der Waals surface area (Å²) in [5, 5.41) is 0.698. The van der Waals surface area contributed by atoms with Crippen LogP contribution in [0.5, 0.6) is 0 Å². The van der Waals surface area contributed by atoms with E-state index in [1.807, 2.05) is 11.0 Å². The maximum atomic E-state index is 14.2. The lowest BCUT2D eigenvalue weighted by molar-refractivity contribution is -0.130. The van der Waals surface area contributed by atoms with Gasteiger partial charge in [0, 0.05) is 43.4 Å². The van der Waals surface area contributed by atoms with Crippen molar-refractivity contribution in [3.8, 4) is 0 Å². The van der Waals surface area contributed by atoms with E-state index in [1.165, 1.54) is 29.3 Å². The minimum Gasteiger partial charge on any atom is -0.367 e. The number of amides is 1. The zero-order valence-electron chi connectivity index (χ0n) is 16.0. The van der Waals surface area contributed by atoms with Gasteiger partial charge in [0.2, 0.25) is 0 Å². The summed E-state index contributed by atoms with van der Waals surface area (Å²) in [6.07, 6.45) is 1.42. The molecule has 1 aliphatic heterocycles. The molecule has 2 heterocycles. The molecule has 164 valence electrons.